The summed E-state index contributed by atoms with van der Waals surface area (Å²) in [5.74, 6) is -0.796. The van der Waals surface area contributed by atoms with Crippen molar-refractivity contribution in [3.05, 3.63) is 60.2 Å². The number of rotatable bonds is 6. The summed E-state index contributed by atoms with van der Waals surface area (Å²) in [5.41, 5.74) is 1.76. The summed E-state index contributed by atoms with van der Waals surface area (Å²) in [6.45, 7) is 8.32. The van der Waals surface area contributed by atoms with Crippen molar-refractivity contribution >= 4 is 23.3 Å². The topological polar surface area (TPSA) is 67.9 Å². The van der Waals surface area contributed by atoms with Crippen molar-refractivity contribution in [2.75, 3.05) is 36.5 Å². The van der Waals surface area contributed by atoms with Crippen molar-refractivity contribution in [1.82, 2.24) is 0 Å². The van der Waals surface area contributed by atoms with Gasteiger partial charge in [-0.1, -0.05) is 30.3 Å². The van der Waals surface area contributed by atoms with Gasteiger partial charge >= 0.3 is 5.97 Å². The number of nitrogens with one attached hydrogen (secondary N) is 1. The molecule has 0 spiro atoms. The van der Waals surface area contributed by atoms with Gasteiger partial charge in [-0.05, 0) is 50.6 Å². The van der Waals surface area contributed by atoms with Crippen molar-refractivity contribution in [3.63, 3.8) is 0 Å². The fraction of sp³-hybridized carbons (Fsp3) is 0.391. The first-order valence-corrected chi connectivity index (χ1v) is 9.88. The second-order valence-corrected chi connectivity index (χ2v) is 7.67. The number of hydrogen-bond acceptors (Lipinski definition) is 5. The van der Waals surface area contributed by atoms with Gasteiger partial charge in [-0.15, -0.1) is 0 Å². The van der Waals surface area contributed by atoms with Crippen LogP contribution in [0, 0.1) is 0 Å². The van der Waals surface area contributed by atoms with Crippen LogP contribution in [0.2, 0.25) is 0 Å². The van der Waals surface area contributed by atoms with Gasteiger partial charge in [0, 0.05) is 24.5 Å². The first kappa shape index (κ1) is 20.9. The third-order valence-electron chi connectivity index (χ3n) is 5.17. The number of nitrogens with zero attached hydrogens (tertiary/aromatic N) is 1. The Morgan fingerprint density at radius 1 is 1.03 bits per heavy atom. The predicted molar refractivity (Wildman–Crippen MR) is 113 cm³/mol. The van der Waals surface area contributed by atoms with E-state index in [9.17, 15) is 9.59 Å². The summed E-state index contributed by atoms with van der Waals surface area (Å²) in [5, 5.41) is 2.81. The molecule has 1 saturated heterocycles. The van der Waals surface area contributed by atoms with E-state index in [1.165, 1.54) is 0 Å². The second-order valence-electron chi connectivity index (χ2n) is 7.67. The predicted octanol–water partition coefficient (Wildman–Crippen LogP) is 3.37. The van der Waals surface area contributed by atoms with Gasteiger partial charge in [0.15, 0.2) is 6.10 Å². The molecule has 2 aromatic rings. The number of morpholine rings is 1. The minimum atomic E-state index is -0.899. The fourth-order valence-electron chi connectivity index (χ4n) is 3.16. The highest BCUT2D eigenvalue weighted by Gasteiger charge is 2.33. The monoisotopic (exact) mass is 396 g/mol. The summed E-state index contributed by atoms with van der Waals surface area (Å²) < 4.78 is 10.8. The van der Waals surface area contributed by atoms with Crippen LogP contribution in [-0.2, 0) is 24.5 Å². The molecule has 0 bridgehead atoms. The summed E-state index contributed by atoms with van der Waals surface area (Å²) in [4.78, 5) is 27.4. The lowest BCUT2D eigenvalue weighted by molar-refractivity contribution is -0.158. The van der Waals surface area contributed by atoms with Gasteiger partial charge in [-0.2, -0.15) is 0 Å². The molecule has 1 heterocycles. The Morgan fingerprint density at radius 3 is 2.28 bits per heavy atom. The van der Waals surface area contributed by atoms with E-state index in [1.54, 1.807) is 20.8 Å². The van der Waals surface area contributed by atoms with Gasteiger partial charge < -0.3 is 19.7 Å². The average Bonchev–Trinajstić information content (AvgIpc) is 2.75. The molecule has 154 valence electrons. The number of benzene rings is 2. The third-order valence-corrected chi connectivity index (χ3v) is 5.17. The average molecular weight is 396 g/mol. The van der Waals surface area contributed by atoms with Crippen LogP contribution >= 0.6 is 0 Å². The molecule has 6 heteroatoms. The maximum absolute atomic E-state index is 12.6. The maximum atomic E-state index is 12.6. The molecule has 1 aliphatic rings. The maximum Gasteiger partial charge on any atom is 0.316 e. The largest absolute Gasteiger partial charge is 0.452 e. The van der Waals surface area contributed by atoms with Gasteiger partial charge in [0.05, 0.1) is 18.6 Å². The zero-order valence-electron chi connectivity index (χ0n) is 17.2. The first-order valence-electron chi connectivity index (χ1n) is 9.88. The van der Waals surface area contributed by atoms with Gasteiger partial charge in [-0.3, -0.25) is 9.59 Å². The van der Waals surface area contributed by atoms with E-state index >= 15 is 0 Å². The molecule has 1 N–H and O–H groups in total. The molecular formula is C23H28N2O4. The summed E-state index contributed by atoms with van der Waals surface area (Å²) >= 11 is 0. The van der Waals surface area contributed by atoms with Gasteiger partial charge in [0.2, 0.25) is 0 Å². The standard InChI is InChI=1S/C23H28N2O4/c1-17(29-22(27)23(2,3)18-7-5-4-6-8-18)21(26)24-19-9-11-20(12-10-19)25-13-15-28-16-14-25/h4-12,17H,13-16H2,1-3H3,(H,24,26)/t17-/m0/s1. The molecule has 0 radical (unpaired) electrons. The highest BCUT2D eigenvalue weighted by molar-refractivity contribution is 5.96. The van der Waals surface area contributed by atoms with Gasteiger partial charge in [0.25, 0.3) is 5.91 Å². The van der Waals surface area contributed by atoms with Crippen LogP contribution in [-0.4, -0.2) is 44.3 Å². The van der Waals surface area contributed by atoms with Crippen molar-refractivity contribution < 1.29 is 19.1 Å². The molecule has 1 aliphatic heterocycles. The highest BCUT2D eigenvalue weighted by atomic mass is 16.5. The van der Waals surface area contributed by atoms with E-state index < -0.39 is 17.5 Å². The lowest BCUT2D eigenvalue weighted by Crippen LogP contribution is -2.37. The van der Waals surface area contributed by atoms with Crippen molar-refractivity contribution in [2.45, 2.75) is 32.3 Å². The number of carbonyl (C=O) groups excluding carboxylic acids is 2. The molecule has 0 aromatic heterocycles. The summed E-state index contributed by atoms with van der Waals surface area (Å²) in [6, 6.07) is 17.0. The highest BCUT2D eigenvalue weighted by Crippen LogP contribution is 2.25. The van der Waals surface area contributed by atoms with Crippen molar-refractivity contribution in [2.24, 2.45) is 0 Å². The zero-order valence-corrected chi connectivity index (χ0v) is 17.2. The SMILES string of the molecule is C[C@H](OC(=O)C(C)(C)c1ccccc1)C(=O)Nc1ccc(N2CCOCC2)cc1. The van der Waals surface area contributed by atoms with Crippen LogP contribution in [0.3, 0.4) is 0 Å². The minimum absolute atomic E-state index is 0.360. The van der Waals surface area contributed by atoms with Crippen LogP contribution in [0.4, 0.5) is 11.4 Å². The summed E-state index contributed by atoms with van der Waals surface area (Å²) in [7, 11) is 0. The number of anilines is 2. The number of hydrogen-bond donors (Lipinski definition) is 1. The van der Waals surface area contributed by atoms with E-state index in [2.05, 4.69) is 10.2 Å². The van der Waals surface area contributed by atoms with Crippen molar-refractivity contribution in [3.8, 4) is 0 Å². The van der Waals surface area contributed by atoms with E-state index in [0.717, 1.165) is 37.6 Å². The fourth-order valence-corrected chi connectivity index (χ4v) is 3.16. The quantitative estimate of drug-likeness (QED) is 0.759. The molecular weight excluding hydrogens is 368 g/mol. The molecule has 1 amide bonds. The van der Waals surface area contributed by atoms with E-state index in [0.29, 0.717) is 5.69 Å². The Balaban J connectivity index is 1.56. The van der Waals surface area contributed by atoms with Crippen molar-refractivity contribution in [1.29, 1.82) is 0 Å². The zero-order chi connectivity index (χ0) is 20.9. The Bertz CT molecular complexity index is 828. The van der Waals surface area contributed by atoms with Crippen LogP contribution < -0.4 is 10.2 Å². The molecule has 1 atom stereocenters. The Labute approximate surface area is 171 Å². The van der Waals surface area contributed by atoms with Gasteiger partial charge in [-0.25, -0.2) is 0 Å². The second kappa shape index (κ2) is 9.09. The Kier molecular flexibility index (Phi) is 6.54. The van der Waals surface area contributed by atoms with Gasteiger partial charge in [0.1, 0.15) is 0 Å². The smallest absolute Gasteiger partial charge is 0.316 e. The van der Waals surface area contributed by atoms with E-state index in [-0.39, 0.29) is 5.91 Å². The lowest BCUT2D eigenvalue weighted by atomic mass is 9.85. The van der Waals surface area contributed by atoms with E-state index in [1.807, 2.05) is 54.6 Å². The van der Waals surface area contributed by atoms with Crippen LogP contribution in [0.25, 0.3) is 0 Å². The Morgan fingerprint density at radius 2 is 1.66 bits per heavy atom. The van der Waals surface area contributed by atoms with Crippen LogP contribution in [0.1, 0.15) is 26.3 Å². The van der Waals surface area contributed by atoms with E-state index in [4.69, 9.17) is 9.47 Å². The molecule has 3 rings (SSSR count). The van der Waals surface area contributed by atoms with Crippen LogP contribution in [0.15, 0.2) is 54.6 Å². The number of carbonyl (C=O) groups is 2. The molecule has 2 aromatic carbocycles. The summed E-state index contributed by atoms with van der Waals surface area (Å²) in [6.07, 6.45) is -0.899. The molecule has 0 aliphatic carbocycles. The normalized spacial score (nSPS) is 15.5. The molecule has 0 saturated carbocycles. The number of amides is 1. The molecule has 6 nitrogen and oxygen atoms in total. The number of esters is 1. The minimum Gasteiger partial charge on any atom is -0.452 e. The molecule has 1 fully saturated rings. The molecule has 0 unspecified atom stereocenters. The number of ether oxygens (including phenoxy) is 2. The third kappa shape index (κ3) is 5.15. The lowest BCUT2D eigenvalue weighted by Gasteiger charge is -2.29. The van der Waals surface area contributed by atoms with Crippen LogP contribution in [0.5, 0.6) is 0 Å². The first-order chi connectivity index (χ1) is 13.9. The Hall–Kier alpha value is -2.86. The molecule has 29 heavy (non-hydrogen) atoms.